The Labute approximate surface area is 360 Å². The molecule has 2 saturated heterocycles. The number of rotatable bonds is 13. The van der Waals surface area contributed by atoms with E-state index < -0.39 is 133 Å². The molecule has 0 radical (unpaired) electrons. The Bertz CT molecular complexity index is 1790. The molecule has 6 fully saturated rings. The number of carboxylic acids is 1. The maximum atomic E-state index is 13.8. The topological polar surface area (TPSA) is 268 Å². The molecule has 62 heavy (non-hydrogen) atoms. The van der Waals surface area contributed by atoms with Crippen LogP contribution in [0, 0.1) is 34.5 Å². The molecule has 6 aliphatic rings. The Morgan fingerprint density at radius 2 is 1.56 bits per heavy atom. The summed E-state index contributed by atoms with van der Waals surface area (Å²) >= 11 is 0. The fourth-order valence-corrected chi connectivity index (χ4v) is 12.1. The zero-order valence-corrected chi connectivity index (χ0v) is 35.7. The highest BCUT2D eigenvalue weighted by Crippen LogP contribution is 2.71. The Hall–Kier alpha value is -3.07. The third-order valence-corrected chi connectivity index (χ3v) is 15.0. The van der Waals surface area contributed by atoms with E-state index in [2.05, 4.69) is 6.58 Å². The number of esters is 2. The Balaban J connectivity index is 1.23. The van der Waals surface area contributed by atoms with Crippen molar-refractivity contribution in [3.8, 4) is 0 Å². The number of ether oxygens (including phenoxy) is 6. The summed E-state index contributed by atoms with van der Waals surface area (Å²) in [4.78, 5) is 40.6. The normalized spacial score (nSPS) is 44.5. The van der Waals surface area contributed by atoms with Gasteiger partial charge < -0.3 is 69.3 Å². The lowest BCUT2D eigenvalue weighted by molar-refractivity contribution is -0.364. The number of benzene rings is 1. The first kappa shape index (κ1) is 46.9. The standard InChI is InChI=1S/C45H64O17/c1-21(2)15-31(48)61-38-37(60-32(49)17-28(47)24-9-7-6-8-10-24)36(62-41-35(52)34(51)33(50)23(4)57-41)29(19-46)59-42(38)58-25-16-26(40(54)55)27-11-13-44-20-45(56,22(3)39(44)53)14-12-30(44)43(27,5)18-25/h6-10,21,23,25-30,33-39,41-42,46-47,50-53,56H,3,11-20H2,1-2,4-5H3,(H,54,55)/t23-,25-,26-,27-,28+,29+,30+,33-,34+,35+,36+,37-,38+,39+,41-,42+,43-,44-,45+/m1/s1. The van der Waals surface area contributed by atoms with E-state index in [-0.39, 0.29) is 37.0 Å². The summed E-state index contributed by atoms with van der Waals surface area (Å²) in [5.41, 5.74) is -1.86. The van der Waals surface area contributed by atoms with Crippen molar-refractivity contribution in [1.82, 2.24) is 0 Å². The molecular formula is C45H64O17. The fourth-order valence-electron chi connectivity index (χ4n) is 12.1. The zero-order chi connectivity index (χ0) is 45.1. The minimum atomic E-state index is -1.83. The predicted molar refractivity (Wildman–Crippen MR) is 214 cm³/mol. The Morgan fingerprint density at radius 3 is 2.23 bits per heavy atom. The molecule has 8 N–H and O–H groups in total. The van der Waals surface area contributed by atoms with Gasteiger partial charge in [-0.15, -0.1) is 0 Å². The summed E-state index contributed by atoms with van der Waals surface area (Å²) in [6.07, 6.45) is -17.0. The number of aliphatic hydroxyl groups excluding tert-OH is 6. The Kier molecular flexibility index (Phi) is 13.7. The van der Waals surface area contributed by atoms with Crippen molar-refractivity contribution in [2.45, 2.75) is 171 Å². The van der Waals surface area contributed by atoms with Crippen LogP contribution in [0.15, 0.2) is 42.5 Å². The molecule has 2 heterocycles. The second-order valence-corrected chi connectivity index (χ2v) is 19.4. The quantitative estimate of drug-likeness (QED) is 0.0796. The monoisotopic (exact) mass is 876 g/mol. The van der Waals surface area contributed by atoms with E-state index in [4.69, 9.17) is 28.4 Å². The molecular weight excluding hydrogens is 812 g/mol. The van der Waals surface area contributed by atoms with E-state index in [0.717, 1.165) is 0 Å². The maximum Gasteiger partial charge on any atom is 0.309 e. The summed E-state index contributed by atoms with van der Waals surface area (Å²) in [5, 5.41) is 87.7. The summed E-state index contributed by atoms with van der Waals surface area (Å²) in [5.74, 6) is -4.35. The molecule has 1 aromatic carbocycles. The molecule has 17 nitrogen and oxygen atoms in total. The van der Waals surface area contributed by atoms with E-state index in [1.54, 1.807) is 44.2 Å². The smallest absolute Gasteiger partial charge is 0.309 e. The number of hydrogen-bond acceptors (Lipinski definition) is 16. The van der Waals surface area contributed by atoms with Crippen LogP contribution in [-0.2, 0) is 42.8 Å². The summed E-state index contributed by atoms with van der Waals surface area (Å²) in [6, 6.07) is 8.34. The average molecular weight is 877 g/mol. The lowest BCUT2D eigenvalue weighted by Gasteiger charge is -2.63. The molecule has 19 atom stereocenters. The highest BCUT2D eigenvalue weighted by molar-refractivity contribution is 5.72. The van der Waals surface area contributed by atoms with E-state index in [1.807, 2.05) is 6.92 Å². The van der Waals surface area contributed by atoms with Crippen molar-refractivity contribution in [3.05, 3.63) is 48.0 Å². The second-order valence-electron chi connectivity index (χ2n) is 19.4. The van der Waals surface area contributed by atoms with Gasteiger partial charge in [-0.25, -0.2) is 0 Å². The van der Waals surface area contributed by atoms with Gasteiger partial charge in [0.2, 0.25) is 0 Å². The van der Waals surface area contributed by atoms with Crippen LogP contribution in [0.2, 0.25) is 0 Å². The van der Waals surface area contributed by atoms with Gasteiger partial charge in [-0.05, 0) is 86.2 Å². The van der Waals surface area contributed by atoms with E-state index in [1.165, 1.54) is 6.92 Å². The Morgan fingerprint density at radius 1 is 0.887 bits per heavy atom. The fraction of sp³-hybridized carbons (Fsp3) is 0.756. The third-order valence-electron chi connectivity index (χ3n) is 15.0. The first-order chi connectivity index (χ1) is 29.2. The minimum Gasteiger partial charge on any atom is -0.481 e. The van der Waals surface area contributed by atoms with E-state index >= 15 is 0 Å². The van der Waals surface area contributed by atoms with Crippen molar-refractivity contribution in [3.63, 3.8) is 0 Å². The van der Waals surface area contributed by atoms with Gasteiger partial charge >= 0.3 is 17.9 Å². The molecule has 346 valence electrons. The molecule has 0 amide bonds. The predicted octanol–water partition coefficient (Wildman–Crippen LogP) is 1.65. The lowest BCUT2D eigenvalue weighted by Crippen LogP contribution is -2.66. The average Bonchev–Trinajstić information content (AvgIpc) is 3.35. The van der Waals surface area contributed by atoms with Gasteiger partial charge in [0.25, 0.3) is 0 Å². The van der Waals surface area contributed by atoms with Crippen molar-refractivity contribution < 1.29 is 83.7 Å². The van der Waals surface area contributed by atoms with Crippen LogP contribution < -0.4 is 0 Å². The first-order valence-electron chi connectivity index (χ1n) is 21.9. The molecule has 1 spiro atoms. The molecule has 4 saturated carbocycles. The highest BCUT2D eigenvalue weighted by atomic mass is 16.8. The van der Waals surface area contributed by atoms with Crippen LogP contribution in [0.25, 0.3) is 0 Å². The van der Waals surface area contributed by atoms with E-state index in [9.17, 15) is 55.2 Å². The second kappa shape index (κ2) is 18.1. The van der Waals surface area contributed by atoms with Crippen LogP contribution in [0.3, 0.4) is 0 Å². The summed E-state index contributed by atoms with van der Waals surface area (Å²) in [7, 11) is 0. The van der Waals surface area contributed by atoms with Crippen molar-refractivity contribution in [2.75, 3.05) is 6.61 Å². The maximum absolute atomic E-state index is 13.8. The molecule has 2 bridgehead atoms. The van der Waals surface area contributed by atoms with Crippen LogP contribution in [0.4, 0.5) is 0 Å². The van der Waals surface area contributed by atoms with Gasteiger partial charge in [-0.3, -0.25) is 14.4 Å². The van der Waals surface area contributed by atoms with Crippen LogP contribution in [-0.4, -0.2) is 145 Å². The summed E-state index contributed by atoms with van der Waals surface area (Å²) in [6.45, 7) is 10.3. The number of hydrogen-bond donors (Lipinski definition) is 8. The van der Waals surface area contributed by atoms with Gasteiger partial charge in [0.05, 0.1) is 49.0 Å². The number of carbonyl (C=O) groups excluding carboxylic acids is 2. The molecule has 0 unspecified atom stereocenters. The van der Waals surface area contributed by atoms with Crippen molar-refractivity contribution in [1.29, 1.82) is 0 Å². The number of carboxylic acid groups (broad SMARTS) is 1. The zero-order valence-electron chi connectivity index (χ0n) is 35.7. The molecule has 2 aliphatic heterocycles. The molecule has 7 rings (SSSR count). The number of aliphatic carboxylic acids is 1. The van der Waals surface area contributed by atoms with Crippen LogP contribution >= 0.6 is 0 Å². The SMILES string of the molecule is C=C1[C@H](O)[C@@]23CC[C@@H]4[C@H](C(=O)O)C[C@@H](O[C@H]5O[C@@H](CO)[C@H](O[C@H]6O[C@H](C)[C@@H](O)[C@H](O)[C@@H]6O)[C@@H](OC(=O)C[C@H](O)c6ccccc6)[C@@H]5OC(=O)CC(C)C)C[C@@]4(C)[C@@H]2CC[C@]1(O)C3. The van der Waals surface area contributed by atoms with Gasteiger partial charge in [0, 0.05) is 11.8 Å². The first-order valence-corrected chi connectivity index (χ1v) is 21.9. The van der Waals surface area contributed by atoms with Gasteiger partial charge in [-0.1, -0.05) is 57.7 Å². The number of carbonyl (C=O) groups is 3. The van der Waals surface area contributed by atoms with Crippen LogP contribution in [0.1, 0.15) is 97.1 Å². The highest BCUT2D eigenvalue weighted by Gasteiger charge is 2.70. The molecule has 0 aromatic heterocycles. The van der Waals surface area contributed by atoms with Gasteiger partial charge in [0.15, 0.2) is 24.8 Å². The molecule has 17 heteroatoms. The number of fused-ring (bicyclic) bond motifs is 3. The van der Waals surface area contributed by atoms with Crippen molar-refractivity contribution >= 4 is 17.9 Å². The van der Waals surface area contributed by atoms with E-state index in [0.29, 0.717) is 43.2 Å². The lowest BCUT2D eigenvalue weighted by atomic mass is 9.42. The number of aliphatic hydroxyl groups is 7. The van der Waals surface area contributed by atoms with Crippen LogP contribution in [0.5, 0.6) is 0 Å². The van der Waals surface area contributed by atoms with Crippen molar-refractivity contribution in [2.24, 2.45) is 34.5 Å². The summed E-state index contributed by atoms with van der Waals surface area (Å²) < 4.78 is 37.1. The van der Waals surface area contributed by atoms with Gasteiger partial charge in [0.1, 0.15) is 30.5 Å². The largest absolute Gasteiger partial charge is 0.481 e. The molecule has 4 aliphatic carbocycles. The third kappa shape index (κ3) is 8.60. The van der Waals surface area contributed by atoms with Gasteiger partial charge in [-0.2, -0.15) is 0 Å². The minimum absolute atomic E-state index is 0.0265. The molecule has 1 aromatic rings.